The molecule has 0 fully saturated rings. The van der Waals surface area contributed by atoms with E-state index in [0.29, 0.717) is 13.2 Å². The second-order valence-electron chi connectivity index (χ2n) is 5.67. The minimum atomic E-state index is -2.29. The van der Waals surface area contributed by atoms with E-state index in [-0.39, 0.29) is 21.1 Å². The Bertz CT molecular complexity index is 247. The third-order valence-electron chi connectivity index (χ3n) is 3.50. The topological polar surface area (TPSA) is 18.5 Å². The summed E-state index contributed by atoms with van der Waals surface area (Å²) in [6, 6.07) is 0. The fourth-order valence-electron chi connectivity index (χ4n) is 2.16. The molecule has 134 valence electrons. The van der Waals surface area contributed by atoms with Crippen molar-refractivity contribution in [2.24, 2.45) is 0 Å². The average molecular weight is 538 g/mol. The molecule has 0 N–H and O–H groups in total. The van der Waals surface area contributed by atoms with Crippen molar-refractivity contribution in [3.63, 3.8) is 0 Å². The number of hydrogen-bond donors (Lipinski definition) is 1. The zero-order valence-electron chi connectivity index (χ0n) is 14.4. The van der Waals surface area contributed by atoms with E-state index in [1.54, 1.807) is 0 Å². The molecule has 0 bridgehead atoms. The largest absolute Gasteiger partial charge is 0.322 e. The summed E-state index contributed by atoms with van der Waals surface area (Å²) in [5.41, 5.74) is -2.29. The zero-order chi connectivity index (χ0) is 15.8. The predicted molar refractivity (Wildman–Crippen MR) is 102 cm³/mol. The summed E-state index contributed by atoms with van der Waals surface area (Å²) in [7, 11) is 0. The summed E-state index contributed by atoms with van der Waals surface area (Å²) in [6.07, 6.45) is 15.1. The number of unbranched alkanes of at least 4 members (excludes halogenated alkanes) is 10. The Labute approximate surface area is 163 Å². The molecule has 0 radical (unpaired) electrons. The number of hydrogen-bond acceptors (Lipinski definition) is 3. The van der Waals surface area contributed by atoms with Gasteiger partial charge in [-0.2, -0.15) is 0 Å². The first kappa shape index (κ1) is 25.8. The predicted octanol–water partition coefficient (Wildman–Crippen LogP) is 6.89. The second kappa shape index (κ2) is 18.9. The summed E-state index contributed by atoms with van der Waals surface area (Å²) < 4.78 is 11.3. The van der Waals surface area contributed by atoms with Crippen LogP contribution in [0.4, 0.5) is 0 Å². The van der Waals surface area contributed by atoms with Gasteiger partial charge in [0, 0.05) is 21.1 Å². The fourth-order valence-corrected chi connectivity index (χ4v) is 3.89. The van der Waals surface area contributed by atoms with Gasteiger partial charge in [-0.15, -0.1) is 0 Å². The third kappa shape index (κ3) is 19.7. The first-order valence-corrected chi connectivity index (χ1v) is 12.5. The maximum Gasteiger partial charge on any atom is 0.244 e. The fraction of sp³-hybridized carbons (Fsp3) is 1.00. The molecule has 0 aromatic heterocycles. The minimum Gasteiger partial charge on any atom is -0.322 e. The smallest absolute Gasteiger partial charge is 0.244 e. The van der Waals surface area contributed by atoms with Crippen LogP contribution in [0.3, 0.4) is 0 Å². The van der Waals surface area contributed by atoms with Crippen LogP contribution in [0.2, 0.25) is 0 Å². The Hall–Kier alpha value is 1.61. The summed E-state index contributed by atoms with van der Waals surface area (Å²) in [5.74, 6) is 0. The van der Waals surface area contributed by atoms with E-state index in [1.165, 1.54) is 64.2 Å². The molecule has 0 aliphatic rings. The molecule has 0 amide bonds. The summed E-state index contributed by atoms with van der Waals surface area (Å²) in [6.45, 7) is 5.87. The van der Waals surface area contributed by atoms with Crippen LogP contribution in [0.25, 0.3) is 0 Å². The zero-order valence-corrected chi connectivity index (χ0v) is 20.0. The van der Waals surface area contributed by atoms with Crippen LogP contribution in [0.5, 0.6) is 0 Å². The van der Waals surface area contributed by atoms with Crippen molar-refractivity contribution in [1.29, 1.82) is 0 Å². The van der Waals surface area contributed by atoms with Gasteiger partial charge in [0.2, 0.25) is 5.69 Å². The Morgan fingerprint density at radius 3 is 1.36 bits per heavy atom. The molecule has 0 unspecified atom stereocenters. The molecule has 0 atom stereocenters. The first-order chi connectivity index (χ1) is 10.1. The molecule has 0 aromatic carbocycles. The standard InChI is InChI=1S/C16H35O2PS2.W/c1-3-5-7-9-11-13-15-17-19(20,21)18-16-14-12-10-8-6-4-2;/h3-16H2,1-2H3,(H,20,21);. The van der Waals surface area contributed by atoms with Crippen molar-refractivity contribution in [3.8, 4) is 0 Å². The maximum atomic E-state index is 5.65. The summed E-state index contributed by atoms with van der Waals surface area (Å²) in [5, 5.41) is 0. The molecule has 6 heteroatoms. The van der Waals surface area contributed by atoms with Crippen molar-refractivity contribution in [2.75, 3.05) is 13.2 Å². The molecule has 0 saturated carbocycles. The third-order valence-corrected chi connectivity index (χ3v) is 5.85. The minimum absolute atomic E-state index is 0. The van der Waals surface area contributed by atoms with Crippen LogP contribution in [-0.2, 0) is 41.9 Å². The molecule has 0 aromatic rings. The van der Waals surface area contributed by atoms with Gasteiger partial charge >= 0.3 is 0 Å². The molecule has 22 heavy (non-hydrogen) atoms. The van der Waals surface area contributed by atoms with Crippen LogP contribution in [0.15, 0.2) is 0 Å². The Morgan fingerprint density at radius 2 is 1.00 bits per heavy atom. The number of thiol groups is 1. The number of rotatable bonds is 16. The quantitative estimate of drug-likeness (QED) is 0.131. The molecule has 0 saturated heterocycles. The molecule has 0 heterocycles. The van der Waals surface area contributed by atoms with E-state index in [9.17, 15) is 0 Å². The van der Waals surface area contributed by atoms with Crippen LogP contribution in [0, 0.1) is 0 Å². The average Bonchev–Trinajstić information content (AvgIpc) is 2.45. The van der Waals surface area contributed by atoms with Gasteiger partial charge in [0.25, 0.3) is 0 Å². The molecule has 0 spiro atoms. The van der Waals surface area contributed by atoms with Crippen molar-refractivity contribution in [1.82, 2.24) is 0 Å². The van der Waals surface area contributed by atoms with Gasteiger partial charge in [0.15, 0.2) is 0 Å². The van der Waals surface area contributed by atoms with Gasteiger partial charge in [0.1, 0.15) is 0 Å². The normalized spacial score (nSPS) is 11.4. The summed E-state index contributed by atoms with van der Waals surface area (Å²) >= 11 is 9.70. The van der Waals surface area contributed by atoms with Crippen molar-refractivity contribution < 1.29 is 30.1 Å². The maximum absolute atomic E-state index is 5.65. The summed E-state index contributed by atoms with van der Waals surface area (Å²) in [4.78, 5) is 0. The van der Waals surface area contributed by atoms with E-state index < -0.39 is 5.69 Å². The van der Waals surface area contributed by atoms with Gasteiger partial charge in [-0.3, -0.25) is 0 Å². The van der Waals surface area contributed by atoms with Gasteiger partial charge in [0.05, 0.1) is 13.2 Å². The van der Waals surface area contributed by atoms with Crippen molar-refractivity contribution >= 4 is 29.7 Å². The molecular weight excluding hydrogens is 503 g/mol. The van der Waals surface area contributed by atoms with E-state index in [1.807, 2.05) is 0 Å². The van der Waals surface area contributed by atoms with Crippen LogP contribution in [-0.4, -0.2) is 13.2 Å². The molecule has 0 aliphatic carbocycles. The molecule has 0 rings (SSSR count). The Morgan fingerprint density at radius 1 is 0.682 bits per heavy atom. The van der Waals surface area contributed by atoms with E-state index >= 15 is 0 Å². The molecule has 2 nitrogen and oxygen atoms in total. The van der Waals surface area contributed by atoms with Crippen molar-refractivity contribution in [2.45, 2.75) is 90.9 Å². The van der Waals surface area contributed by atoms with E-state index in [2.05, 4.69) is 26.1 Å². The van der Waals surface area contributed by atoms with E-state index in [0.717, 1.165) is 12.8 Å². The van der Waals surface area contributed by atoms with Gasteiger partial charge in [-0.05, 0) is 24.6 Å². The van der Waals surface area contributed by atoms with Gasteiger partial charge < -0.3 is 9.05 Å². The van der Waals surface area contributed by atoms with Crippen LogP contribution in [0.1, 0.15) is 90.9 Å². The van der Waals surface area contributed by atoms with E-state index in [4.69, 9.17) is 20.9 Å². The SMILES string of the molecule is CCCCCCCCOP(=S)(S)OCCCCCCCC.[W]. The van der Waals surface area contributed by atoms with Crippen LogP contribution >= 0.6 is 17.9 Å². The van der Waals surface area contributed by atoms with Crippen molar-refractivity contribution in [3.05, 3.63) is 0 Å². The first-order valence-electron chi connectivity index (χ1n) is 8.74. The molecular formula is C16H35O2PS2W. The van der Waals surface area contributed by atoms with Gasteiger partial charge in [-0.1, -0.05) is 90.3 Å². The second-order valence-corrected chi connectivity index (χ2v) is 11.0. The Kier molecular flexibility index (Phi) is 22.2. The monoisotopic (exact) mass is 538 g/mol. The van der Waals surface area contributed by atoms with Crippen LogP contribution < -0.4 is 0 Å². The molecule has 0 aliphatic heterocycles. The van der Waals surface area contributed by atoms with Gasteiger partial charge in [-0.25, -0.2) is 0 Å². The Balaban J connectivity index is 0.